The second kappa shape index (κ2) is 4.70. The topological polar surface area (TPSA) is 68.3 Å². The second-order valence-corrected chi connectivity index (χ2v) is 4.48. The van der Waals surface area contributed by atoms with E-state index in [1.165, 1.54) is 0 Å². The molecule has 1 heterocycles. The average Bonchev–Trinajstić information content (AvgIpc) is 2.59. The van der Waals surface area contributed by atoms with Crippen LogP contribution < -0.4 is 11.1 Å². The first-order valence-electron chi connectivity index (χ1n) is 5.74. The minimum absolute atomic E-state index is 0.130. The van der Waals surface area contributed by atoms with Crippen LogP contribution in [0, 0.1) is 12.8 Å². The molecule has 0 atom stereocenters. The molecule has 1 aliphatic rings. The van der Waals surface area contributed by atoms with Crippen molar-refractivity contribution in [3.05, 3.63) is 23.7 Å². The lowest BCUT2D eigenvalue weighted by molar-refractivity contribution is -0.127. The molecule has 88 valence electrons. The molecular formula is C12H18N2O2. The quantitative estimate of drug-likeness (QED) is 0.798. The molecule has 3 N–H and O–H groups in total. The Morgan fingerprint density at radius 3 is 2.88 bits per heavy atom. The summed E-state index contributed by atoms with van der Waals surface area (Å²) in [7, 11) is 0. The van der Waals surface area contributed by atoms with Crippen molar-refractivity contribution < 1.29 is 9.21 Å². The number of furan rings is 1. The van der Waals surface area contributed by atoms with Gasteiger partial charge in [-0.2, -0.15) is 0 Å². The molecule has 0 spiro atoms. The zero-order chi connectivity index (χ0) is 11.5. The number of carbonyl (C=O) groups is 1. The van der Waals surface area contributed by atoms with E-state index in [-0.39, 0.29) is 17.9 Å². The molecule has 1 saturated carbocycles. The van der Waals surface area contributed by atoms with Crippen LogP contribution in [0.1, 0.15) is 24.4 Å². The highest BCUT2D eigenvalue weighted by molar-refractivity contribution is 5.79. The summed E-state index contributed by atoms with van der Waals surface area (Å²) in [6, 6.07) is 4.10. The molecule has 16 heavy (non-hydrogen) atoms. The van der Waals surface area contributed by atoms with Crippen LogP contribution in [-0.4, -0.2) is 18.5 Å². The number of nitrogens with one attached hydrogen (secondary N) is 1. The summed E-state index contributed by atoms with van der Waals surface area (Å²) >= 11 is 0. The molecule has 1 aromatic rings. The molecule has 2 rings (SSSR count). The Morgan fingerprint density at radius 1 is 1.56 bits per heavy atom. The molecule has 0 bridgehead atoms. The lowest BCUT2D eigenvalue weighted by Gasteiger charge is -2.30. The standard InChI is InChI=1S/C12H18N2O2/c1-8-2-3-11(16-8)4-5-14-12(15)9-6-10(13)7-9/h2-3,9-10H,4-7,13H2,1H3,(H,14,15). The van der Waals surface area contributed by atoms with E-state index < -0.39 is 0 Å². The van der Waals surface area contributed by atoms with Gasteiger partial charge in [-0.1, -0.05) is 0 Å². The van der Waals surface area contributed by atoms with Gasteiger partial charge in [0.2, 0.25) is 5.91 Å². The Hall–Kier alpha value is -1.29. The number of nitrogens with two attached hydrogens (primary N) is 1. The molecule has 0 aliphatic heterocycles. The Morgan fingerprint density at radius 2 is 2.31 bits per heavy atom. The van der Waals surface area contributed by atoms with Crippen molar-refractivity contribution in [2.24, 2.45) is 11.7 Å². The van der Waals surface area contributed by atoms with Crippen molar-refractivity contribution in [2.75, 3.05) is 6.54 Å². The summed E-state index contributed by atoms with van der Waals surface area (Å²) in [5.41, 5.74) is 5.63. The largest absolute Gasteiger partial charge is 0.466 e. The summed E-state index contributed by atoms with van der Waals surface area (Å²) in [5, 5.41) is 2.91. The fourth-order valence-corrected chi connectivity index (χ4v) is 1.95. The summed E-state index contributed by atoms with van der Waals surface area (Å²) in [5.74, 6) is 2.09. The van der Waals surface area contributed by atoms with Gasteiger partial charge in [0, 0.05) is 24.9 Å². The summed E-state index contributed by atoms with van der Waals surface area (Å²) in [6.07, 6.45) is 2.40. The van der Waals surface area contributed by atoms with Crippen molar-refractivity contribution in [1.29, 1.82) is 0 Å². The third-order valence-corrected chi connectivity index (χ3v) is 3.01. The first-order chi connectivity index (χ1) is 7.65. The maximum Gasteiger partial charge on any atom is 0.223 e. The van der Waals surface area contributed by atoms with E-state index in [0.717, 1.165) is 30.8 Å². The molecule has 1 amide bonds. The van der Waals surface area contributed by atoms with Gasteiger partial charge in [0.05, 0.1) is 0 Å². The maximum atomic E-state index is 11.6. The lowest BCUT2D eigenvalue weighted by Crippen LogP contribution is -2.45. The molecule has 0 unspecified atom stereocenters. The first kappa shape index (κ1) is 11.2. The van der Waals surface area contributed by atoms with Crippen molar-refractivity contribution in [3.8, 4) is 0 Å². The third-order valence-electron chi connectivity index (χ3n) is 3.01. The van der Waals surface area contributed by atoms with Gasteiger partial charge in [-0.15, -0.1) is 0 Å². The molecule has 1 aliphatic carbocycles. The number of aryl methyl sites for hydroxylation is 1. The number of carbonyl (C=O) groups excluding carboxylic acids is 1. The highest BCUT2D eigenvalue weighted by Crippen LogP contribution is 2.25. The molecule has 0 saturated heterocycles. The van der Waals surface area contributed by atoms with Gasteiger partial charge in [-0.05, 0) is 31.9 Å². The number of amides is 1. The zero-order valence-corrected chi connectivity index (χ0v) is 9.53. The third kappa shape index (κ3) is 2.64. The van der Waals surface area contributed by atoms with Gasteiger partial charge < -0.3 is 15.5 Å². The normalized spacial score (nSPS) is 23.9. The van der Waals surface area contributed by atoms with Gasteiger partial charge >= 0.3 is 0 Å². The lowest BCUT2D eigenvalue weighted by atomic mass is 9.80. The smallest absolute Gasteiger partial charge is 0.223 e. The predicted molar refractivity (Wildman–Crippen MR) is 60.9 cm³/mol. The van der Waals surface area contributed by atoms with Crippen molar-refractivity contribution in [2.45, 2.75) is 32.2 Å². The van der Waals surface area contributed by atoms with E-state index in [2.05, 4.69) is 5.32 Å². The van der Waals surface area contributed by atoms with E-state index in [4.69, 9.17) is 10.2 Å². The maximum absolute atomic E-state index is 11.6. The Labute approximate surface area is 95.2 Å². The number of hydrogen-bond acceptors (Lipinski definition) is 3. The molecule has 1 fully saturated rings. The van der Waals surface area contributed by atoms with Gasteiger partial charge in [0.1, 0.15) is 11.5 Å². The number of rotatable bonds is 4. The van der Waals surface area contributed by atoms with E-state index in [0.29, 0.717) is 6.54 Å². The van der Waals surface area contributed by atoms with Gasteiger partial charge in [0.15, 0.2) is 0 Å². The summed E-state index contributed by atoms with van der Waals surface area (Å²) < 4.78 is 5.41. The predicted octanol–water partition coefficient (Wildman–Crippen LogP) is 0.984. The molecule has 0 radical (unpaired) electrons. The zero-order valence-electron chi connectivity index (χ0n) is 9.53. The molecule has 4 nitrogen and oxygen atoms in total. The first-order valence-corrected chi connectivity index (χ1v) is 5.74. The number of hydrogen-bond donors (Lipinski definition) is 2. The molecule has 1 aromatic heterocycles. The van der Waals surface area contributed by atoms with Gasteiger partial charge in [-0.3, -0.25) is 4.79 Å². The Kier molecular flexibility index (Phi) is 3.29. The van der Waals surface area contributed by atoms with E-state index in [9.17, 15) is 4.79 Å². The highest BCUT2D eigenvalue weighted by Gasteiger charge is 2.31. The minimum Gasteiger partial charge on any atom is -0.466 e. The summed E-state index contributed by atoms with van der Waals surface area (Å²) in [6.45, 7) is 2.55. The van der Waals surface area contributed by atoms with E-state index in [1.54, 1.807) is 0 Å². The fourth-order valence-electron chi connectivity index (χ4n) is 1.95. The monoisotopic (exact) mass is 222 g/mol. The Balaban J connectivity index is 1.66. The van der Waals surface area contributed by atoms with Crippen molar-refractivity contribution >= 4 is 5.91 Å². The summed E-state index contributed by atoms with van der Waals surface area (Å²) in [4.78, 5) is 11.6. The van der Waals surface area contributed by atoms with Gasteiger partial charge in [-0.25, -0.2) is 0 Å². The van der Waals surface area contributed by atoms with Crippen molar-refractivity contribution in [3.63, 3.8) is 0 Å². The molecule has 4 heteroatoms. The van der Waals surface area contributed by atoms with E-state index in [1.807, 2.05) is 19.1 Å². The second-order valence-electron chi connectivity index (χ2n) is 4.48. The van der Waals surface area contributed by atoms with Crippen LogP contribution in [0.25, 0.3) is 0 Å². The van der Waals surface area contributed by atoms with Crippen LogP contribution in [0.4, 0.5) is 0 Å². The van der Waals surface area contributed by atoms with E-state index >= 15 is 0 Å². The van der Waals surface area contributed by atoms with Crippen LogP contribution in [0.2, 0.25) is 0 Å². The van der Waals surface area contributed by atoms with Crippen LogP contribution in [0.3, 0.4) is 0 Å². The van der Waals surface area contributed by atoms with Crippen LogP contribution in [-0.2, 0) is 11.2 Å². The van der Waals surface area contributed by atoms with Gasteiger partial charge in [0.25, 0.3) is 0 Å². The molecular weight excluding hydrogens is 204 g/mol. The van der Waals surface area contributed by atoms with Crippen LogP contribution >= 0.6 is 0 Å². The fraction of sp³-hybridized carbons (Fsp3) is 0.583. The van der Waals surface area contributed by atoms with Crippen LogP contribution in [0.5, 0.6) is 0 Å². The average molecular weight is 222 g/mol. The highest BCUT2D eigenvalue weighted by atomic mass is 16.3. The van der Waals surface area contributed by atoms with Crippen molar-refractivity contribution in [1.82, 2.24) is 5.32 Å². The SMILES string of the molecule is Cc1ccc(CCNC(=O)C2CC(N)C2)o1. The molecule has 0 aromatic carbocycles. The minimum atomic E-state index is 0.130. The Bertz CT molecular complexity index is 367. The van der Waals surface area contributed by atoms with Crippen LogP contribution in [0.15, 0.2) is 16.5 Å².